The summed E-state index contributed by atoms with van der Waals surface area (Å²) < 4.78 is 23.5. The molecule has 1 heterocycles. The fraction of sp³-hybridized carbons (Fsp3) is 0.429. The van der Waals surface area contributed by atoms with Crippen molar-refractivity contribution in [3.8, 4) is 0 Å². The van der Waals surface area contributed by atoms with Gasteiger partial charge >= 0.3 is 0 Å². The third-order valence-electron chi connectivity index (χ3n) is 2.83. The summed E-state index contributed by atoms with van der Waals surface area (Å²) in [6.45, 7) is 1.28. The predicted molar refractivity (Wildman–Crippen MR) is 72.9 cm³/mol. The SMILES string of the molecule is OC(CNCCc1ncno1)COCc1ccccc1F. The lowest BCUT2D eigenvalue weighted by atomic mass is 10.2. The molecule has 2 aromatic rings. The van der Waals surface area contributed by atoms with Crippen LogP contribution >= 0.6 is 0 Å². The van der Waals surface area contributed by atoms with Crippen LogP contribution in [-0.2, 0) is 17.8 Å². The molecule has 2 N–H and O–H groups in total. The molecule has 7 heteroatoms. The van der Waals surface area contributed by atoms with Crippen LogP contribution in [0, 0.1) is 5.82 Å². The smallest absolute Gasteiger partial charge is 0.227 e. The normalized spacial score (nSPS) is 12.5. The van der Waals surface area contributed by atoms with E-state index >= 15 is 0 Å². The molecule has 21 heavy (non-hydrogen) atoms. The van der Waals surface area contributed by atoms with Gasteiger partial charge in [-0.05, 0) is 6.07 Å². The van der Waals surface area contributed by atoms with E-state index in [1.165, 1.54) is 12.4 Å². The van der Waals surface area contributed by atoms with Crippen LogP contribution in [-0.4, -0.2) is 41.0 Å². The molecule has 1 atom stereocenters. The minimum absolute atomic E-state index is 0.141. The Bertz CT molecular complexity index is 522. The second-order valence-electron chi connectivity index (χ2n) is 4.55. The van der Waals surface area contributed by atoms with Crippen molar-refractivity contribution in [2.24, 2.45) is 0 Å². The van der Waals surface area contributed by atoms with Crippen molar-refractivity contribution < 1.29 is 18.8 Å². The fourth-order valence-corrected chi connectivity index (χ4v) is 1.75. The van der Waals surface area contributed by atoms with Crippen molar-refractivity contribution in [2.75, 3.05) is 19.7 Å². The van der Waals surface area contributed by atoms with Crippen LogP contribution in [0.4, 0.5) is 4.39 Å². The van der Waals surface area contributed by atoms with E-state index in [1.54, 1.807) is 18.2 Å². The molecular weight excluding hydrogens is 277 g/mol. The second kappa shape index (κ2) is 8.46. The number of aromatic nitrogens is 2. The maximum absolute atomic E-state index is 13.3. The van der Waals surface area contributed by atoms with E-state index < -0.39 is 6.10 Å². The van der Waals surface area contributed by atoms with E-state index in [1.807, 2.05) is 0 Å². The van der Waals surface area contributed by atoms with Crippen LogP contribution < -0.4 is 5.32 Å². The first-order chi connectivity index (χ1) is 10.3. The molecule has 6 nitrogen and oxygen atoms in total. The highest BCUT2D eigenvalue weighted by atomic mass is 19.1. The molecule has 114 valence electrons. The lowest BCUT2D eigenvalue weighted by molar-refractivity contribution is 0.0279. The first kappa shape index (κ1) is 15.6. The van der Waals surface area contributed by atoms with Gasteiger partial charge in [0, 0.05) is 25.1 Å². The Morgan fingerprint density at radius 1 is 1.38 bits per heavy atom. The number of benzene rings is 1. The molecule has 0 spiro atoms. The number of hydrogen-bond donors (Lipinski definition) is 2. The average Bonchev–Trinajstić information content (AvgIpc) is 2.99. The van der Waals surface area contributed by atoms with E-state index in [0.717, 1.165) is 0 Å². The summed E-state index contributed by atoms with van der Waals surface area (Å²) in [7, 11) is 0. The molecule has 0 amide bonds. The topological polar surface area (TPSA) is 80.4 Å². The zero-order valence-electron chi connectivity index (χ0n) is 11.5. The summed E-state index contributed by atoms with van der Waals surface area (Å²) >= 11 is 0. The first-order valence-corrected chi connectivity index (χ1v) is 6.71. The minimum Gasteiger partial charge on any atom is -0.389 e. The third kappa shape index (κ3) is 5.58. The standard InChI is InChI=1S/C14H18FN3O3/c15-13-4-2-1-3-11(13)8-20-9-12(19)7-16-6-5-14-17-10-18-21-14/h1-4,10,12,16,19H,5-9H2. The summed E-state index contributed by atoms with van der Waals surface area (Å²) in [5.74, 6) is 0.248. The quantitative estimate of drug-likeness (QED) is 0.670. The largest absolute Gasteiger partial charge is 0.389 e. The number of nitrogens with one attached hydrogen (secondary N) is 1. The van der Waals surface area contributed by atoms with Crippen molar-refractivity contribution in [1.82, 2.24) is 15.5 Å². The molecule has 1 unspecified atom stereocenters. The van der Waals surface area contributed by atoms with Crippen molar-refractivity contribution in [1.29, 1.82) is 0 Å². The van der Waals surface area contributed by atoms with E-state index in [-0.39, 0.29) is 19.0 Å². The summed E-state index contributed by atoms with van der Waals surface area (Å²) in [6.07, 6.45) is 1.29. The average molecular weight is 295 g/mol. The van der Waals surface area contributed by atoms with Crippen LogP contribution in [0.3, 0.4) is 0 Å². The van der Waals surface area contributed by atoms with Crippen LogP contribution in [0.2, 0.25) is 0 Å². The molecular formula is C14H18FN3O3. The predicted octanol–water partition coefficient (Wildman–Crippen LogP) is 0.918. The van der Waals surface area contributed by atoms with Crippen LogP contribution in [0.5, 0.6) is 0 Å². The molecule has 0 bridgehead atoms. The van der Waals surface area contributed by atoms with Gasteiger partial charge < -0.3 is 19.7 Å². The fourth-order valence-electron chi connectivity index (χ4n) is 1.75. The Morgan fingerprint density at radius 3 is 3.00 bits per heavy atom. The van der Waals surface area contributed by atoms with Gasteiger partial charge in [-0.15, -0.1) is 0 Å². The number of ether oxygens (including phenoxy) is 1. The van der Waals surface area contributed by atoms with Gasteiger partial charge in [0.25, 0.3) is 0 Å². The van der Waals surface area contributed by atoms with Crippen LogP contribution in [0.1, 0.15) is 11.5 Å². The lowest BCUT2D eigenvalue weighted by Gasteiger charge is -2.12. The molecule has 0 aliphatic heterocycles. The molecule has 0 saturated heterocycles. The third-order valence-corrected chi connectivity index (χ3v) is 2.83. The van der Waals surface area contributed by atoms with Crippen molar-refractivity contribution >= 4 is 0 Å². The highest BCUT2D eigenvalue weighted by Crippen LogP contribution is 2.07. The van der Waals surface area contributed by atoms with E-state index in [4.69, 9.17) is 9.26 Å². The van der Waals surface area contributed by atoms with E-state index in [2.05, 4.69) is 15.5 Å². The van der Waals surface area contributed by atoms with Crippen LogP contribution in [0.25, 0.3) is 0 Å². The summed E-state index contributed by atoms with van der Waals surface area (Å²) in [6, 6.07) is 6.41. The van der Waals surface area contributed by atoms with Gasteiger partial charge in [0.05, 0.1) is 19.3 Å². The molecule has 1 aromatic carbocycles. The summed E-state index contributed by atoms with van der Waals surface area (Å²) in [5, 5.41) is 16.3. The summed E-state index contributed by atoms with van der Waals surface area (Å²) in [4.78, 5) is 3.88. The van der Waals surface area contributed by atoms with Crippen LogP contribution in [0.15, 0.2) is 35.1 Å². The lowest BCUT2D eigenvalue weighted by Crippen LogP contribution is -2.31. The van der Waals surface area contributed by atoms with Crippen molar-refractivity contribution in [2.45, 2.75) is 19.1 Å². The Labute approximate surface area is 121 Å². The zero-order chi connectivity index (χ0) is 14.9. The molecule has 1 aromatic heterocycles. The van der Waals surface area contributed by atoms with Gasteiger partial charge in [-0.3, -0.25) is 0 Å². The first-order valence-electron chi connectivity index (χ1n) is 6.71. The van der Waals surface area contributed by atoms with Gasteiger partial charge in [0.2, 0.25) is 5.89 Å². The number of nitrogens with zero attached hydrogens (tertiary/aromatic N) is 2. The molecule has 0 radical (unpaired) electrons. The van der Waals surface area contributed by atoms with Gasteiger partial charge in [0.1, 0.15) is 5.82 Å². The van der Waals surface area contributed by atoms with Gasteiger partial charge in [-0.2, -0.15) is 4.98 Å². The number of aliphatic hydroxyl groups is 1. The van der Waals surface area contributed by atoms with Gasteiger partial charge in [0.15, 0.2) is 6.33 Å². The van der Waals surface area contributed by atoms with Gasteiger partial charge in [-0.1, -0.05) is 23.4 Å². The highest BCUT2D eigenvalue weighted by Gasteiger charge is 2.06. The summed E-state index contributed by atoms with van der Waals surface area (Å²) in [5.41, 5.74) is 0.481. The number of aliphatic hydroxyl groups excluding tert-OH is 1. The molecule has 2 rings (SSSR count). The Balaban J connectivity index is 1.55. The second-order valence-corrected chi connectivity index (χ2v) is 4.55. The molecule has 0 aliphatic carbocycles. The Hall–Kier alpha value is -1.83. The van der Waals surface area contributed by atoms with Crippen molar-refractivity contribution in [3.05, 3.63) is 47.9 Å². The number of rotatable bonds is 9. The van der Waals surface area contributed by atoms with E-state index in [9.17, 15) is 9.50 Å². The maximum atomic E-state index is 13.3. The number of halogens is 1. The van der Waals surface area contributed by atoms with Crippen molar-refractivity contribution in [3.63, 3.8) is 0 Å². The maximum Gasteiger partial charge on any atom is 0.227 e. The molecule has 0 saturated carbocycles. The van der Waals surface area contributed by atoms with E-state index in [0.29, 0.717) is 31.0 Å². The Kier molecular flexibility index (Phi) is 6.26. The highest BCUT2D eigenvalue weighted by molar-refractivity contribution is 5.16. The minimum atomic E-state index is -0.653. The zero-order valence-corrected chi connectivity index (χ0v) is 11.5. The molecule has 0 aliphatic rings. The monoisotopic (exact) mass is 295 g/mol. The number of hydrogen-bond acceptors (Lipinski definition) is 6. The molecule has 0 fully saturated rings. The Morgan fingerprint density at radius 2 is 2.24 bits per heavy atom. The van der Waals surface area contributed by atoms with Gasteiger partial charge in [-0.25, -0.2) is 4.39 Å².